The van der Waals surface area contributed by atoms with Crippen LogP contribution < -0.4 is 0 Å². The molecule has 1 atom stereocenters. The average Bonchev–Trinajstić information content (AvgIpc) is 2.52. The van der Waals surface area contributed by atoms with E-state index in [-0.39, 0.29) is 16.9 Å². The van der Waals surface area contributed by atoms with Crippen LogP contribution in [0, 0.1) is 25.2 Å². The van der Waals surface area contributed by atoms with E-state index in [1.54, 1.807) is 12.1 Å². The fraction of sp³-hybridized carbons (Fsp3) is 0.478. The Morgan fingerprint density at radius 3 is 1.70 bits per heavy atom. The number of aryl methyl sites for hydroxylation is 2. The van der Waals surface area contributed by atoms with Crippen molar-refractivity contribution in [1.29, 1.82) is 0 Å². The number of phenolic OH excluding ortho intramolecular Hbond substituents is 2. The van der Waals surface area contributed by atoms with Crippen LogP contribution in [0.25, 0.3) is 0 Å². The summed E-state index contributed by atoms with van der Waals surface area (Å²) in [6, 6.07) is 7.55. The lowest BCUT2D eigenvalue weighted by atomic mass is 9.55. The molecule has 2 aromatic carbocycles. The first-order valence-electron chi connectivity index (χ1n) is 9.44. The van der Waals surface area contributed by atoms with E-state index in [4.69, 9.17) is 23.2 Å². The minimum absolute atomic E-state index is 0.0446. The van der Waals surface area contributed by atoms with Gasteiger partial charge in [-0.1, -0.05) is 56.1 Å². The highest BCUT2D eigenvalue weighted by Gasteiger charge is 2.48. The molecule has 0 saturated heterocycles. The summed E-state index contributed by atoms with van der Waals surface area (Å²) in [6.45, 7) is 10.7. The second-order valence-electron chi connectivity index (χ2n) is 9.22. The van der Waals surface area contributed by atoms with Gasteiger partial charge in [-0.15, -0.1) is 0 Å². The Morgan fingerprint density at radius 2 is 1.30 bits per heavy atom. The Hall–Kier alpha value is -1.38. The van der Waals surface area contributed by atoms with Crippen molar-refractivity contribution >= 4 is 23.2 Å². The molecule has 0 radical (unpaired) electrons. The molecular formula is C23H28Cl2O2. The summed E-state index contributed by atoms with van der Waals surface area (Å²) in [4.78, 5) is 0. The Bertz CT molecular complexity index is 829. The van der Waals surface area contributed by atoms with Gasteiger partial charge in [0.2, 0.25) is 0 Å². The zero-order valence-corrected chi connectivity index (χ0v) is 18.2. The van der Waals surface area contributed by atoms with Crippen molar-refractivity contribution in [2.75, 3.05) is 0 Å². The molecule has 3 rings (SSSR count). The summed E-state index contributed by atoms with van der Waals surface area (Å²) in [7, 11) is 0. The molecule has 0 aromatic heterocycles. The highest BCUT2D eigenvalue weighted by molar-refractivity contribution is 6.32. The highest BCUT2D eigenvalue weighted by atomic mass is 35.5. The van der Waals surface area contributed by atoms with E-state index in [1.807, 2.05) is 26.0 Å². The van der Waals surface area contributed by atoms with Crippen LogP contribution in [0.4, 0.5) is 0 Å². The van der Waals surface area contributed by atoms with E-state index in [0.29, 0.717) is 16.0 Å². The highest BCUT2D eigenvalue weighted by Crippen LogP contribution is 2.58. The maximum atomic E-state index is 10.9. The zero-order chi connectivity index (χ0) is 20.1. The molecule has 2 aromatic rings. The number of aromatic hydroxyl groups is 2. The first kappa shape index (κ1) is 20.4. The number of phenols is 2. The van der Waals surface area contributed by atoms with E-state index in [1.165, 1.54) is 0 Å². The molecule has 1 fully saturated rings. The molecule has 0 aliphatic heterocycles. The fourth-order valence-electron chi connectivity index (χ4n) is 5.33. The van der Waals surface area contributed by atoms with Crippen LogP contribution in [-0.4, -0.2) is 10.2 Å². The molecule has 1 aliphatic rings. The van der Waals surface area contributed by atoms with Gasteiger partial charge >= 0.3 is 0 Å². The van der Waals surface area contributed by atoms with Crippen molar-refractivity contribution in [3.63, 3.8) is 0 Å². The predicted molar refractivity (Wildman–Crippen MR) is 113 cm³/mol. The molecule has 146 valence electrons. The second-order valence-corrected chi connectivity index (χ2v) is 10.0. The van der Waals surface area contributed by atoms with Gasteiger partial charge in [0.15, 0.2) is 0 Å². The van der Waals surface area contributed by atoms with Gasteiger partial charge in [-0.25, -0.2) is 0 Å². The smallest absolute Gasteiger partial charge is 0.138 e. The van der Waals surface area contributed by atoms with Crippen LogP contribution in [0.2, 0.25) is 10.0 Å². The number of halogens is 2. The molecule has 27 heavy (non-hydrogen) atoms. The minimum atomic E-state index is -0.555. The first-order valence-corrected chi connectivity index (χ1v) is 10.2. The molecule has 2 nitrogen and oxygen atoms in total. The Morgan fingerprint density at radius 1 is 0.852 bits per heavy atom. The topological polar surface area (TPSA) is 40.5 Å². The third-order valence-electron chi connectivity index (χ3n) is 5.82. The molecule has 0 bridgehead atoms. The molecule has 0 heterocycles. The fourth-order valence-corrected chi connectivity index (χ4v) is 5.87. The molecular weight excluding hydrogens is 379 g/mol. The van der Waals surface area contributed by atoms with Crippen LogP contribution >= 0.6 is 23.2 Å². The third-order valence-corrected chi connectivity index (χ3v) is 6.40. The summed E-state index contributed by atoms with van der Waals surface area (Å²) in [5, 5.41) is 22.6. The number of hydrogen-bond donors (Lipinski definition) is 2. The van der Waals surface area contributed by atoms with Crippen LogP contribution in [0.1, 0.15) is 62.3 Å². The summed E-state index contributed by atoms with van der Waals surface area (Å²) >= 11 is 12.7. The van der Waals surface area contributed by atoms with Gasteiger partial charge in [0, 0.05) is 16.5 Å². The normalized spacial score (nSPS) is 21.2. The third kappa shape index (κ3) is 3.67. The number of hydrogen-bond acceptors (Lipinski definition) is 2. The van der Waals surface area contributed by atoms with Crippen molar-refractivity contribution in [3.05, 3.63) is 56.6 Å². The summed E-state index contributed by atoms with van der Waals surface area (Å²) < 4.78 is 0. The van der Waals surface area contributed by atoms with Gasteiger partial charge in [0.1, 0.15) is 11.5 Å². The van der Waals surface area contributed by atoms with Gasteiger partial charge < -0.3 is 10.2 Å². The van der Waals surface area contributed by atoms with E-state index in [0.717, 1.165) is 41.5 Å². The summed E-state index contributed by atoms with van der Waals surface area (Å²) in [5.74, 6) is 0.625. The molecule has 4 heteroatoms. The molecule has 1 aliphatic carbocycles. The Kier molecular flexibility index (Phi) is 5.20. The Balaban J connectivity index is 2.39. The van der Waals surface area contributed by atoms with Gasteiger partial charge in [-0.05, 0) is 67.7 Å². The standard InChI is InChI=1S/C23H28Cl2O2/c1-13-6-16(20(26)18(24)8-13)23(11-15(3)10-22(4,5)12-23)17-7-14(2)9-19(25)21(17)27/h6-9,15,26-27H,10-12H2,1-5H3. The molecule has 0 amide bonds. The maximum absolute atomic E-state index is 10.9. The second kappa shape index (κ2) is 6.90. The largest absolute Gasteiger partial charge is 0.506 e. The predicted octanol–water partition coefficient (Wildman–Crippen LogP) is 7.15. The zero-order valence-electron chi connectivity index (χ0n) is 16.7. The SMILES string of the molecule is Cc1cc(Cl)c(O)c(C2(c3cc(C)cc(Cl)c3O)CC(C)CC(C)(C)C2)c1. The van der Waals surface area contributed by atoms with Gasteiger partial charge in [-0.2, -0.15) is 0 Å². The van der Waals surface area contributed by atoms with Crippen molar-refractivity contribution in [2.45, 2.75) is 59.3 Å². The first-order chi connectivity index (χ1) is 12.4. The average molecular weight is 407 g/mol. The monoisotopic (exact) mass is 406 g/mol. The summed E-state index contributed by atoms with van der Waals surface area (Å²) in [5.41, 5.74) is 3.03. The van der Waals surface area contributed by atoms with Crippen molar-refractivity contribution in [1.82, 2.24) is 0 Å². The quantitative estimate of drug-likeness (QED) is 0.555. The van der Waals surface area contributed by atoms with Crippen molar-refractivity contribution in [2.24, 2.45) is 11.3 Å². The lowest BCUT2D eigenvalue weighted by molar-refractivity contribution is 0.123. The van der Waals surface area contributed by atoms with Crippen LogP contribution in [0.15, 0.2) is 24.3 Å². The lowest BCUT2D eigenvalue weighted by Gasteiger charge is -2.49. The van der Waals surface area contributed by atoms with Gasteiger partial charge in [0.05, 0.1) is 10.0 Å². The summed E-state index contributed by atoms with van der Waals surface area (Å²) in [6.07, 6.45) is 2.71. The maximum Gasteiger partial charge on any atom is 0.138 e. The van der Waals surface area contributed by atoms with Crippen LogP contribution in [0.5, 0.6) is 11.5 Å². The van der Waals surface area contributed by atoms with Gasteiger partial charge in [0.25, 0.3) is 0 Å². The van der Waals surface area contributed by atoms with Crippen LogP contribution in [0.3, 0.4) is 0 Å². The molecule has 2 N–H and O–H groups in total. The van der Waals surface area contributed by atoms with E-state index >= 15 is 0 Å². The number of benzene rings is 2. The number of rotatable bonds is 2. The van der Waals surface area contributed by atoms with E-state index in [2.05, 4.69) is 20.8 Å². The lowest BCUT2D eigenvalue weighted by Crippen LogP contribution is -2.41. The van der Waals surface area contributed by atoms with Crippen molar-refractivity contribution in [3.8, 4) is 11.5 Å². The van der Waals surface area contributed by atoms with E-state index < -0.39 is 5.41 Å². The van der Waals surface area contributed by atoms with Crippen LogP contribution in [-0.2, 0) is 5.41 Å². The molecule has 1 saturated carbocycles. The minimum Gasteiger partial charge on any atom is -0.506 e. The van der Waals surface area contributed by atoms with Gasteiger partial charge in [-0.3, -0.25) is 0 Å². The van der Waals surface area contributed by atoms with E-state index in [9.17, 15) is 10.2 Å². The molecule has 0 spiro atoms. The Labute approximate surface area is 172 Å². The van der Waals surface area contributed by atoms with Crippen molar-refractivity contribution < 1.29 is 10.2 Å². The molecule has 1 unspecified atom stereocenters.